The molecule has 0 radical (unpaired) electrons. The van der Waals surface area contributed by atoms with Gasteiger partial charge in [0.25, 0.3) is 0 Å². The van der Waals surface area contributed by atoms with Gasteiger partial charge in [-0.25, -0.2) is 4.39 Å². The number of halogens is 3. The molecule has 0 spiro atoms. The number of anilines is 1. The van der Waals surface area contributed by atoms with Gasteiger partial charge in [0.15, 0.2) is 0 Å². The second-order valence-electron chi connectivity index (χ2n) is 4.68. The normalized spacial score (nSPS) is 10.3. The smallest absolute Gasteiger partial charge is 0.239 e. The molecule has 0 bridgehead atoms. The minimum atomic E-state index is -0.270. The van der Waals surface area contributed by atoms with Crippen LogP contribution in [0.15, 0.2) is 42.5 Å². The van der Waals surface area contributed by atoms with Gasteiger partial charge >= 0.3 is 0 Å². The highest BCUT2D eigenvalue weighted by molar-refractivity contribution is 6.39. The van der Waals surface area contributed by atoms with Crippen molar-refractivity contribution in [3.63, 3.8) is 0 Å². The molecule has 2 N–H and O–H groups in total. The lowest BCUT2D eigenvalue weighted by Crippen LogP contribution is -2.31. The molecule has 0 aliphatic carbocycles. The molecule has 22 heavy (non-hydrogen) atoms. The number of amides is 1. The van der Waals surface area contributed by atoms with Gasteiger partial charge in [0.05, 0.1) is 22.3 Å². The van der Waals surface area contributed by atoms with Crippen LogP contribution in [-0.4, -0.2) is 19.0 Å². The van der Waals surface area contributed by atoms with Gasteiger partial charge in [-0.2, -0.15) is 0 Å². The zero-order valence-corrected chi connectivity index (χ0v) is 13.2. The highest BCUT2D eigenvalue weighted by Gasteiger charge is 2.07. The molecule has 2 rings (SSSR count). The van der Waals surface area contributed by atoms with E-state index < -0.39 is 0 Å². The van der Waals surface area contributed by atoms with Crippen molar-refractivity contribution in [1.82, 2.24) is 5.32 Å². The zero-order valence-electron chi connectivity index (χ0n) is 11.7. The minimum Gasteiger partial charge on any atom is -0.374 e. The third kappa shape index (κ3) is 4.90. The summed E-state index contributed by atoms with van der Waals surface area (Å²) in [5, 5.41) is 6.61. The molecular weight excluding hydrogens is 326 g/mol. The van der Waals surface area contributed by atoms with Crippen LogP contribution < -0.4 is 10.6 Å². The molecule has 0 heterocycles. The molecule has 0 saturated heterocycles. The van der Waals surface area contributed by atoms with Gasteiger partial charge in [-0.05, 0) is 36.2 Å². The molecule has 0 unspecified atom stereocenters. The van der Waals surface area contributed by atoms with Gasteiger partial charge < -0.3 is 10.6 Å². The first-order valence-corrected chi connectivity index (χ1v) is 7.51. The standard InChI is InChI=1S/C16H15Cl2FN2O/c17-13-2-1-3-14(18)16(13)21-10-15(22)20-9-8-11-4-6-12(19)7-5-11/h1-7,21H,8-10H2,(H,20,22). The van der Waals surface area contributed by atoms with Crippen LogP contribution in [0.2, 0.25) is 10.0 Å². The van der Waals surface area contributed by atoms with Gasteiger partial charge in [-0.3, -0.25) is 4.79 Å². The van der Waals surface area contributed by atoms with Gasteiger partial charge in [0, 0.05) is 6.54 Å². The highest BCUT2D eigenvalue weighted by atomic mass is 35.5. The second-order valence-corrected chi connectivity index (χ2v) is 5.49. The number of carbonyl (C=O) groups excluding carboxylic acids is 1. The molecule has 3 nitrogen and oxygen atoms in total. The monoisotopic (exact) mass is 340 g/mol. The Morgan fingerprint density at radius 1 is 1.05 bits per heavy atom. The number of hydrogen-bond acceptors (Lipinski definition) is 2. The van der Waals surface area contributed by atoms with Crippen molar-refractivity contribution in [3.05, 3.63) is 63.9 Å². The molecule has 2 aromatic rings. The van der Waals surface area contributed by atoms with E-state index >= 15 is 0 Å². The Morgan fingerprint density at radius 2 is 1.68 bits per heavy atom. The number of para-hydroxylation sites is 1. The van der Waals surface area contributed by atoms with Crippen LogP contribution in [0.25, 0.3) is 0 Å². The number of nitrogens with one attached hydrogen (secondary N) is 2. The van der Waals surface area contributed by atoms with E-state index in [4.69, 9.17) is 23.2 Å². The van der Waals surface area contributed by atoms with Gasteiger partial charge in [0.1, 0.15) is 5.82 Å². The summed E-state index contributed by atoms with van der Waals surface area (Å²) >= 11 is 12.0. The van der Waals surface area contributed by atoms with E-state index in [1.54, 1.807) is 30.3 Å². The van der Waals surface area contributed by atoms with Crippen molar-refractivity contribution >= 4 is 34.8 Å². The molecule has 6 heteroatoms. The largest absolute Gasteiger partial charge is 0.374 e. The third-order valence-corrected chi connectivity index (χ3v) is 3.67. The number of hydrogen-bond donors (Lipinski definition) is 2. The van der Waals surface area contributed by atoms with Crippen LogP contribution in [0.3, 0.4) is 0 Å². The summed E-state index contributed by atoms with van der Waals surface area (Å²) in [6, 6.07) is 11.3. The average Bonchev–Trinajstić information content (AvgIpc) is 2.49. The summed E-state index contributed by atoms with van der Waals surface area (Å²) < 4.78 is 12.8. The summed E-state index contributed by atoms with van der Waals surface area (Å²) in [4.78, 5) is 11.8. The SMILES string of the molecule is O=C(CNc1c(Cl)cccc1Cl)NCCc1ccc(F)cc1. The molecule has 0 aromatic heterocycles. The Hall–Kier alpha value is -1.78. The Balaban J connectivity index is 1.75. The lowest BCUT2D eigenvalue weighted by molar-refractivity contribution is -0.119. The van der Waals surface area contributed by atoms with E-state index in [0.29, 0.717) is 28.7 Å². The molecule has 0 aliphatic rings. The van der Waals surface area contributed by atoms with Crippen molar-refractivity contribution in [2.75, 3.05) is 18.4 Å². The molecule has 0 saturated carbocycles. The first kappa shape index (κ1) is 16.6. The summed E-state index contributed by atoms with van der Waals surface area (Å²) in [5.41, 5.74) is 1.50. The third-order valence-electron chi connectivity index (χ3n) is 3.04. The summed E-state index contributed by atoms with van der Waals surface area (Å²) in [7, 11) is 0. The predicted octanol–water partition coefficient (Wildman–Crippen LogP) is 3.90. The summed E-state index contributed by atoms with van der Waals surface area (Å²) in [5.74, 6) is -0.438. The Bertz CT molecular complexity index is 627. The van der Waals surface area contributed by atoms with Gasteiger partial charge in [0.2, 0.25) is 5.91 Å². The highest BCUT2D eigenvalue weighted by Crippen LogP contribution is 2.29. The maximum Gasteiger partial charge on any atom is 0.239 e. The van der Waals surface area contributed by atoms with E-state index in [0.717, 1.165) is 5.56 Å². The number of benzene rings is 2. The number of rotatable bonds is 6. The first-order valence-electron chi connectivity index (χ1n) is 6.75. The maximum absolute atomic E-state index is 12.8. The molecule has 116 valence electrons. The summed E-state index contributed by atoms with van der Waals surface area (Å²) in [6.45, 7) is 0.551. The second kappa shape index (κ2) is 8.01. The van der Waals surface area contributed by atoms with Crippen molar-refractivity contribution in [1.29, 1.82) is 0 Å². The Morgan fingerprint density at radius 3 is 2.32 bits per heavy atom. The molecule has 0 aliphatic heterocycles. The van der Waals surface area contributed by atoms with E-state index in [1.807, 2.05) is 0 Å². The van der Waals surface area contributed by atoms with E-state index in [-0.39, 0.29) is 18.3 Å². The van der Waals surface area contributed by atoms with Gasteiger partial charge in [-0.15, -0.1) is 0 Å². The fourth-order valence-corrected chi connectivity index (χ4v) is 2.43. The maximum atomic E-state index is 12.8. The number of carbonyl (C=O) groups is 1. The molecular formula is C16H15Cl2FN2O. The van der Waals surface area contributed by atoms with E-state index in [2.05, 4.69) is 10.6 Å². The molecule has 0 fully saturated rings. The first-order chi connectivity index (χ1) is 10.6. The van der Waals surface area contributed by atoms with Crippen LogP contribution in [0, 0.1) is 5.82 Å². The fraction of sp³-hybridized carbons (Fsp3) is 0.188. The Labute approximate surface area is 138 Å². The average molecular weight is 341 g/mol. The van der Waals surface area contributed by atoms with Gasteiger partial charge in [-0.1, -0.05) is 41.4 Å². The van der Waals surface area contributed by atoms with Crippen molar-refractivity contribution in [2.24, 2.45) is 0 Å². The van der Waals surface area contributed by atoms with Crippen molar-refractivity contribution < 1.29 is 9.18 Å². The lowest BCUT2D eigenvalue weighted by Gasteiger charge is -2.10. The predicted molar refractivity (Wildman–Crippen MR) is 88.1 cm³/mol. The quantitative estimate of drug-likeness (QED) is 0.837. The lowest BCUT2D eigenvalue weighted by atomic mass is 10.1. The molecule has 1 amide bonds. The van der Waals surface area contributed by atoms with Crippen molar-refractivity contribution in [2.45, 2.75) is 6.42 Å². The van der Waals surface area contributed by atoms with Crippen molar-refractivity contribution in [3.8, 4) is 0 Å². The van der Waals surface area contributed by atoms with E-state index in [1.165, 1.54) is 12.1 Å². The minimum absolute atomic E-state index is 0.0763. The molecule has 0 atom stereocenters. The zero-order chi connectivity index (χ0) is 15.9. The Kier molecular flexibility index (Phi) is 6.04. The van der Waals surface area contributed by atoms with Crippen LogP contribution in [0.5, 0.6) is 0 Å². The topological polar surface area (TPSA) is 41.1 Å². The van der Waals surface area contributed by atoms with Crippen LogP contribution in [-0.2, 0) is 11.2 Å². The fourth-order valence-electron chi connectivity index (χ4n) is 1.90. The molecule has 2 aromatic carbocycles. The van der Waals surface area contributed by atoms with Crippen LogP contribution >= 0.6 is 23.2 Å². The van der Waals surface area contributed by atoms with E-state index in [9.17, 15) is 9.18 Å². The van der Waals surface area contributed by atoms with Crippen LogP contribution in [0.1, 0.15) is 5.56 Å². The van der Waals surface area contributed by atoms with Crippen LogP contribution in [0.4, 0.5) is 10.1 Å². The summed E-state index contributed by atoms with van der Waals surface area (Å²) in [6.07, 6.45) is 0.638.